The van der Waals surface area contributed by atoms with Gasteiger partial charge in [0.1, 0.15) is 0 Å². The first kappa shape index (κ1) is 13.5. The van der Waals surface area contributed by atoms with Crippen molar-refractivity contribution in [1.29, 1.82) is 0 Å². The average Bonchev–Trinajstić information content (AvgIpc) is 2.28. The van der Waals surface area contributed by atoms with Crippen LogP contribution in [0, 0.1) is 0 Å². The maximum atomic E-state index is 10.9. The lowest BCUT2D eigenvalue weighted by Gasteiger charge is -2.20. The van der Waals surface area contributed by atoms with Crippen molar-refractivity contribution in [3.8, 4) is 0 Å². The Bertz CT molecular complexity index is 395. The first-order chi connectivity index (χ1) is 8.02. The fourth-order valence-corrected chi connectivity index (χ4v) is 1.69. The second-order valence-electron chi connectivity index (χ2n) is 4.32. The molecule has 2 N–H and O–H groups in total. The van der Waals surface area contributed by atoms with Crippen LogP contribution in [-0.4, -0.2) is 23.9 Å². The van der Waals surface area contributed by atoms with E-state index in [1.165, 1.54) is 5.56 Å². The molecular formula is C14H20N2O. The Balaban J connectivity index is 2.67. The van der Waals surface area contributed by atoms with Crippen molar-refractivity contribution >= 4 is 5.91 Å². The van der Waals surface area contributed by atoms with E-state index in [2.05, 4.69) is 18.4 Å². The van der Waals surface area contributed by atoms with E-state index in [-0.39, 0.29) is 5.91 Å². The van der Waals surface area contributed by atoms with E-state index in [4.69, 9.17) is 5.73 Å². The zero-order chi connectivity index (χ0) is 12.8. The van der Waals surface area contributed by atoms with E-state index >= 15 is 0 Å². The van der Waals surface area contributed by atoms with Gasteiger partial charge in [-0.3, -0.25) is 9.69 Å². The number of nitrogens with zero attached hydrogens (tertiary/aromatic N) is 1. The molecule has 3 nitrogen and oxygen atoms in total. The number of primary amides is 1. The summed E-state index contributed by atoms with van der Waals surface area (Å²) in [5.41, 5.74) is 8.08. The minimum Gasteiger partial charge on any atom is -0.366 e. The van der Waals surface area contributed by atoms with Crippen LogP contribution in [0.2, 0.25) is 0 Å². The Morgan fingerprint density at radius 2 is 1.94 bits per heavy atom. The summed E-state index contributed by atoms with van der Waals surface area (Å²) >= 11 is 0. The number of benzene rings is 1. The van der Waals surface area contributed by atoms with E-state index < -0.39 is 0 Å². The quantitative estimate of drug-likeness (QED) is 0.764. The molecule has 0 saturated carbocycles. The summed E-state index contributed by atoms with van der Waals surface area (Å²) in [6, 6.07) is 7.43. The highest BCUT2D eigenvalue weighted by Crippen LogP contribution is 2.08. The highest BCUT2D eigenvalue weighted by molar-refractivity contribution is 5.92. The molecule has 0 aliphatic carbocycles. The van der Waals surface area contributed by atoms with Gasteiger partial charge in [0.25, 0.3) is 0 Å². The van der Waals surface area contributed by atoms with Crippen molar-refractivity contribution in [1.82, 2.24) is 4.90 Å². The summed E-state index contributed by atoms with van der Waals surface area (Å²) in [5, 5.41) is 0. The largest absolute Gasteiger partial charge is 0.366 e. The third kappa shape index (κ3) is 4.41. The first-order valence-corrected chi connectivity index (χ1v) is 5.78. The van der Waals surface area contributed by atoms with E-state index in [9.17, 15) is 4.79 Å². The van der Waals surface area contributed by atoms with E-state index in [1.807, 2.05) is 19.1 Å². The van der Waals surface area contributed by atoms with Crippen LogP contribution in [0.5, 0.6) is 0 Å². The van der Waals surface area contributed by atoms with Gasteiger partial charge in [-0.15, -0.1) is 0 Å². The Labute approximate surface area is 103 Å². The second-order valence-corrected chi connectivity index (χ2v) is 4.32. The molecule has 0 spiro atoms. The monoisotopic (exact) mass is 232 g/mol. The molecule has 1 aromatic rings. The second kappa shape index (κ2) is 6.21. The fourth-order valence-electron chi connectivity index (χ4n) is 1.69. The summed E-state index contributed by atoms with van der Waals surface area (Å²) in [5.74, 6) is -0.383. The number of amides is 1. The minimum atomic E-state index is -0.383. The molecule has 1 amide bonds. The van der Waals surface area contributed by atoms with Crippen molar-refractivity contribution in [2.75, 3.05) is 13.1 Å². The molecule has 0 atom stereocenters. The minimum absolute atomic E-state index is 0.383. The van der Waals surface area contributed by atoms with Crippen molar-refractivity contribution in [2.24, 2.45) is 5.73 Å². The highest BCUT2D eigenvalue weighted by atomic mass is 16.1. The molecule has 0 radical (unpaired) electrons. The molecule has 17 heavy (non-hydrogen) atoms. The average molecular weight is 232 g/mol. The number of carbonyl (C=O) groups is 1. The van der Waals surface area contributed by atoms with E-state index in [0.717, 1.165) is 25.2 Å². The SMILES string of the molecule is C=C(C)CN(CC)Cc1ccc(C(N)=O)cc1. The number of likely N-dealkylation sites (N-methyl/N-ethyl adjacent to an activating group) is 1. The molecule has 0 unspecified atom stereocenters. The van der Waals surface area contributed by atoms with Gasteiger partial charge >= 0.3 is 0 Å². The predicted octanol–water partition coefficient (Wildman–Crippen LogP) is 2.18. The Morgan fingerprint density at radius 3 is 2.35 bits per heavy atom. The van der Waals surface area contributed by atoms with Crippen LogP contribution in [0.1, 0.15) is 29.8 Å². The van der Waals surface area contributed by atoms with Crippen LogP contribution in [-0.2, 0) is 6.54 Å². The lowest BCUT2D eigenvalue weighted by atomic mass is 10.1. The maximum Gasteiger partial charge on any atom is 0.248 e. The summed E-state index contributed by atoms with van der Waals surface area (Å²) < 4.78 is 0. The predicted molar refractivity (Wildman–Crippen MR) is 70.7 cm³/mol. The smallest absolute Gasteiger partial charge is 0.248 e. The topological polar surface area (TPSA) is 46.3 Å². The summed E-state index contributed by atoms with van der Waals surface area (Å²) in [6.07, 6.45) is 0. The first-order valence-electron chi connectivity index (χ1n) is 5.78. The molecule has 0 bridgehead atoms. The van der Waals surface area contributed by atoms with Gasteiger partial charge in [0.2, 0.25) is 5.91 Å². The summed E-state index contributed by atoms with van der Waals surface area (Å²) in [4.78, 5) is 13.2. The van der Waals surface area contributed by atoms with Crippen molar-refractivity contribution < 1.29 is 4.79 Å². The van der Waals surface area contributed by atoms with Gasteiger partial charge in [-0.1, -0.05) is 31.2 Å². The van der Waals surface area contributed by atoms with Crippen molar-refractivity contribution in [2.45, 2.75) is 20.4 Å². The molecular weight excluding hydrogens is 212 g/mol. The Hall–Kier alpha value is -1.61. The summed E-state index contributed by atoms with van der Waals surface area (Å²) in [6.45, 7) is 10.8. The number of hydrogen-bond acceptors (Lipinski definition) is 2. The number of hydrogen-bond donors (Lipinski definition) is 1. The zero-order valence-electron chi connectivity index (χ0n) is 10.6. The standard InChI is InChI=1S/C14H20N2O/c1-4-16(9-11(2)3)10-12-5-7-13(8-6-12)14(15)17/h5-8H,2,4,9-10H2,1,3H3,(H2,15,17). The molecule has 92 valence electrons. The van der Waals surface area contributed by atoms with Gasteiger partial charge in [-0.2, -0.15) is 0 Å². The lowest BCUT2D eigenvalue weighted by molar-refractivity contribution is 0.100. The van der Waals surface area contributed by atoms with Gasteiger partial charge in [0.15, 0.2) is 0 Å². The molecule has 0 fully saturated rings. The molecule has 1 aromatic carbocycles. The number of rotatable bonds is 6. The van der Waals surface area contributed by atoms with Crippen LogP contribution in [0.4, 0.5) is 0 Å². The molecule has 0 saturated heterocycles. The van der Waals surface area contributed by atoms with Crippen molar-refractivity contribution in [3.63, 3.8) is 0 Å². The maximum absolute atomic E-state index is 10.9. The molecule has 0 aromatic heterocycles. The highest BCUT2D eigenvalue weighted by Gasteiger charge is 2.05. The van der Waals surface area contributed by atoms with E-state index in [1.54, 1.807) is 12.1 Å². The lowest BCUT2D eigenvalue weighted by Crippen LogP contribution is -2.24. The van der Waals surface area contributed by atoms with E-state index in [0.29, 0.717) is 5.56 Å². The third-order valence-corrected chi connectivity index (χ3v) is 2.59. The van der Waals surface area contributed by atoms with Crippen LogP contribution in [0.3, 0.4) is 0 Å². The number of nitrogens with two attached hydrogens (primary N) is 1. The van der Waals surface area contributed by atoms with Crippen LogP contribution < -0.4 is 5.73 Å². The van der Waals surface area contributed by atoms with Crippen molar-refractivity contribution in [3.05, 3.63) is 47.5 Å². The molecule has 0 heterocycles. The Morgan fingerprint density at radius 1 is 1.35 bits per heavy atom. The van der Waals surface area contributed by atoms with Crippen LogP contribution >= 0.6 is 0 Å². The van der Waals surface area contributed by atoms with Crippen LogP contribution in [0.25, 0.3) is 0 Å². The zero-order valence-corrected chi connectivity index (χ0v) is 10.6. The normalized spacial score (nSPS) is 10.5. The molecule has 0 aliphatic heterocycles. The molecule has 0 aliphatic rings. The Kier molecular flexibility index (Phi) is 4.91. The van der Waals surface area contributed by atoms with Gasteiger partial charge in [0, 0.05) is 18.7 Å². The third-order valence-electron chi connectivity index (χ3n) is 2.59. The van der Waals surface area contributed by atoms with Gasteiger partial charge < -0.3 is 5.73 Å². The number of carbonyl (C=O) groups excluding carboxylic acids is 1. The molecule has 1 rings (SSSR count). The van der Waals surface area contributed by atoms with Crippen LogP contribution in [0.15, 0.2) is 36.4 Å². The van der Waals surface area contributed by atoms with Gasteiger partial charge in [0.05, 0.1) is 0 Å². The fraction of sp³-hybridized carbons (Fsp3) is 0.357. The molecule has 3 heteroatoms. The van der Waals surface area contributed by atoms with Gasteiger partial charge in [-0.25, -0.2) is 0 Å². The summed E-state index contributed by atoms with van der Waals surface area (Å²) in [7, 11) is 0. The van der Waals surface area contributed by atoms with Gasteiger partial charge in [-0.05, 0) is 31.2 Å².